The van der Waals surface area contributed by atoms with Crippen LogP contribution in [0.5, 0.6) is 0 Å². The molecule has 0 saturated carbocycles. The molecule has 0 saturated heterocycles. The highest BCUT2D eigenvalue weighted by Gasteiger charge is 2.09. The molecule has 90 valence electrons. The van der Waals surface area contributed by atoms with Gasteiger partial charge >= 0.3 is 0 Å². The van der Waals surface area contributed by atoms with E-state index in [0.717, 1.165) is 19.6 Å². The Kier molecular flexibility index (Phi) is 8.73. The van der Waals surface area contributed by atoms with Crippen LogP contribution in [0, 0.1) is 0 Å². The van der Waals surface area contributed by atoms with Crippen molar-refractivity contribution in [3.8, 4) is 0 Å². The molecular formula is C13H28N2. The van der Waals surface area contributed by atoms with Gasteiger partial charge in [-0.1, -0.05) is 26.8 Å². The van der Waals surface area contributed by atoms with Gasteiger partial charge < -0.3 is 5.32 Å². The van der Waals surface area contributed by atoms with E-state index in [4.69, 9.17) is 0 Å². The van der Waals surface area contributed by atoms with Crippen LogP contribution in [0.3, 0.4) is 0 Å². The summed E-state index contributed by atoms with van der Waals surface area (Å²) in [5.74, 6) is 0. The van der Waals surface area contributed by atoms with Crippen molar-refractivity contribution in [1.82, 2.24) is 10.2 Å². The largest absolute Gasteiger partial charge is 0.315 e. The summed E-state index contributed by atoms with van der Waals surface area (Å²) in [6.07, 6.45) is 4.51. The van der Waals surface area contributed by atoms with E-state index in [1.165, 1.54) is 12.8 Å². The highest BCUT2D eigenvalue weighted by Crippen LogP contribution is 2.05. The molecule has 0 aliphatic heterocycles. The van der Waals surface area contributed by atoms with E-state index in [1.807, 2.05) is 6.08 Å². The zero-order chi connectivity index (χ0) is 11.7. The fourth-order valence-corrected chi connectivity index (χ4v) is 1.76. The van der Waals surface area contributed by atoms with Gasteiger partial charge in [0.15, 0.2) is 0 Å². The first-order valence-electron chi connectivity index (χ1n) is 6.20. The summed E-state index contributed by atoms with van der Waals surface area (Å²) in [5.41, 5.74) is 0. The predicted molar refractivity (Wildman–Crippen MR) is 69.3 cm³/mol. The summed E-state index contributed by atoms with van der Waals surface area (Å²) in [6, 6.07) is 1.28. The highest BCUT2D eigenvalue weighted by atomic mass is 15.1. The number of hydrogen-bond acceptors (Lipinski definition) is 2. The van der Waals surface area contributed by atoms with Crippen LogP contribution >= 0.6 is 0 Å². The first-order chi connectivity index (χ1) is 7.11. The molecule has 0 aliphatic carbocycles. The van der Waals surface area contributed by atoms with Gasteiger partial charge in [0.1, 0.15) is 0 Å². The SMILES string of the molecule is C=CCN(CC)C(C)CCCNC(C)C. The first-order valence-corrected chi connectivity index (χ1v) is 6.20. The van der Waals surface area contributed by atoms with E-state index < -0.39 is 0 Å². The Morgan fingerprint density at radius 1 is 1.33 bits per heavy atom. The Bertz CT molecular complexity index is 155. The summed E-state index contributed by atoms with van der Waals surface area (Å²) in [7, 11) is 0. The molecule has 0 radical (unpaired) electrons. The lowest BCUT2D eigenvalue weighted by Crippen LogP contribution is -2.34. The fraction of sp³-hybridized carbons (Fsp3) is 0.846. The minimum atomic E-state index is 0.607. The maximum absolute atomic E-state index is 3.80. The number of hydrogen-bond donors (Lipinski definition) is 1. The fourth-order valence-electron chi connectivity index (χ4n) is 1.76. The van der Waals surface area contributed by atoms with E-state index in [2.05, 4.69) is 44.5 Å². The topological polar surface area (TPSA) is 15.3 Å². The molecule has 0 aromatic rings. The molecule has 2 nitrogen and oxygen atoms in total. The first kappa shape index (κ1) is 14.7. The molecule has 0 aromatic carbocycles. The summed E-state index contributed by atoms with van der Waals surface area (Å²) in [6.45, 7) is 16.0. The van der Waals surface area contributed by atoms with Crippen molar-refractivity contribution in [3.05, 3.63) is 12.7 Å². The van der Waals surface area contributed by atoms with Gasteiger partial charge in [0, 0.05) is 18.6 Å². The highest BCUT2D eigenvalue weighted by molar-refractivity contribution is 4.76. The quantitative estimate of drug-likeness (QED) is 0.467. The Hall–Kier alpha value is -0.340. The van der Waals surface area contributed by atoms with E-state index in [-0.39, 0.29) is 0 Å². The van der Waals surface area contributed by atoms with Crippen LogP contribution < -0.4 is 5.32 Å². The predicted octanol–water partition coefficient (Wildman–Crippen LogP) is 2.66. The van der Waals surface area contributed by atoms with Crippen molar-refractivity contribution in [2.24, 2.45) is 0 Å². The molecule has 0 fully saturated rings. The van der Waals surface area contributed by atoms with Crippen LogP contribution in [-0.2, 0) is 0 Å². The maximum Gasteiger partial charge on any atom is 0.0163 e. The van der Waals surface area contributed by atoms with Crippen molar-refractivity contribution in [2.45, 2.75) is 52.6 Å². The monoisotopic (exact) mass is 212 g/mol. The van der Waals surface area contributed by atoms with Crippen LogP contribution in [0.15, 0.2) is 12.7 Å². The molecule has 0 heterocycles. The molecule has 0 aromatic heterocycles. The van der Waals surface area contributed by atoms with Crippen LogP contribution in [0.2, 0.25) is 0 Å². The van der Waals surface area contributed by atoms with Crippen molar-refractivity contribution in [3.63, 3.8) is 0 Å². The zero-order valence-electron chi connectivity index (χ0n) is 10.9. The summed E-state index contributed by atoms with van der Waals surface area (Å²) < 4.78 is 0. The van der Waals surface area contributed by atoms with Gasteiger partial charge in [-0.3, -0.25) is 4.90 Å². The molecule has 0 bridgehead atoms. The molecule has 0 spiro atoms. The smallest absolute Gasteiger partial charge is 0.0163 e. The van der Waals surface area contributed by atoms with Crippen LogP contribution in [0.1, 0.15) is 40.5 Å². The van der Waals surface area contributed by atoms with Crippen molar-refractivity contribution < 1.29 is 0 Å². The Balaban J connectivity index is 3.61. The number of rotatable bonds is 9. The average molecular weight is 212 g/mol. The van der Waals surface area contributed by atoms with Gasteiger partial charge in [-0.05, 0) is 32.9 Å². The molecule has 15 heavy (non-hydrogen) atoms. The van der Waals surface area contributed by atoms with E-state index in [0.29, 0.717) is 12.1 Å². The summed E-state index contributed by atoms with van der Waals surface area (Å²) in [4.78, 5) is 2.46. The lowest BCUT2D eigenvalue weighted by molar-refractivity contribution is 0.229. The lowest BCUT2D eigenvalue weighted by Gasteiger charge is -2.26. The second-order valence-corrected chi connectivity index (χ2v) is 4.48. The molecule has 0 rings (SSSR count). The second kappa shape index (κ2) is 8.93. The third kappa shape index (κ3) is 7.57. The Morgan fingerprint density at radius 3 is 2.47 bits per heavy atom. The maximum atomic E-state index is 3.80. The van der Waals surface area contributed by atoms with Gasteiger partial charge in [0.05, 0.1) is 0 Å². The summed E-state index contributed by atoms with van der Waals surface area (Å²) >= 11 is 0. The zero-order valence-corrected chi connectivity index (χ0v) is 10.9. The van der Waals surface area contributed by atoms with E-state index >= 15 is 0 Å². The van der Waals surface area contributed by atoms with Crippen LogP contribution in [-0.4, -0.2) is 36.6 Å². The number of likely N-dealkylation sites (N-methyl/N-ethyl adjacent to an activating group) is 1. The van der Waals surface area contributed by atoms with Crippen molar-refractivity contribution >= 4 is 0 Å². The van der Waals surface area contributed by atoms with Gasteiger partial charge in [-0.15, -0.1) is 6.58 Å². The van der Waals surface area contributed by atoms with Gasteiger partial charge in [0.25, 0.3) is 0 Å². The Labute approximate surface area is 95.7 Å². The molecule has 0 amide bonds. The van der Waals surface area contributed by atoms with Crippen LogP contribution in [0.25, 0.3) is 0 Å². The third-order valence-corrected chi connectivity index (χ3v) is 2.74. The summed E-state index contributed by atoms with van der Waals surface area (Å²) in [5, 5.41) is 3.45. The van der Waals surface area contributed by atoms with E-state index in [9.17, 15) is 0 Å². The minimum absolute atomic E-state index is 0.607. The van der Waals surface area contributed by atoms with E-state index in [1.54, 1.807) is 0 Å². The molecule has 0 aliphatic rings. The van der Waals surface area contributed by atoms with Crippen molar-refractivity contribution in [1.29, 1.82) is 0 Å². The standard InChI is InChI=1S/C13H28N2/c1-6-11-15(7-2)13(5)9-8-10-14-12(3)4/h6,12-14H,1,7-11H2,2-5H3. The van der Waals surface area contributed by atoms with Gasteiger partial charge in [0.2, 0.25) is 0 Å². The van der Waals surface area contributed by atoms with Gasteiger partial charge in [-0.25, -0.2) is 0 Å². The normalized spacial score (nSPS) is 13.5. The molecule has 1 unspecified atom stereocenters. The lowest BCUT2D eigenvalue weighted by atomic mass is 10.1. The molecule has 2 heteroatoms. The van der Waals surface area contributed by atoms with Gasteiger partial charge in [-0.2, -0.15) is 0 Å². The molecule has 1 atom stereocenters. The van der Waals surface area contributed by atoms with Crippen molar-refractivity contribution in [2.75, 3.05) is 19.6 Å². The minimum Gasteiger partial charge on any atom is -0.315 e. The number of nitrogens with one attached hydrogen (secondary N) is 1. The Morgan fingerprint density at radius 2 is 2.00 bits per heavy atom. The second-order valence-electron chi connectivity index (χ2n) is 4.48. The molecular weight excluding hydrogens is 184 g/mol. The third-order valence-electron chi connectivity index (χ3n) is 2.74. The van der Waals surface area contributed by atoms with Crippen LogP contribution in [0.4, 0.5) is 0 Å². The average Bonchev–Trinajstić information content (AvgIpc) is 2.20. The molecule has 1 N–H and O–H groups in total. The number of nitrogens with zero attached hydrogens (tertiary/aromatic N) is 1.